The van der Waals surface area contributed by atoms with Gasteiger partial charge in [-0.2, -0.15) is 0 Å². The first kappa shape index (κ1) is 34.1. The highest BCUT2D eigenvalue weighted by Crippen LogP contribution is 2.46. The van der Waals surface area contributed by atoms with Gasteiger partial charge in [0.25, 0.3) is 0 Å². The van der Waals surface area contributed by atoms with Crippen molar-refractivity contribution >= 4 is 32.2 Å². The minimum absolute atomic E-state index is 0.0573. The number of nitrogens with one attached hydrogen (secondary N) is 2. The Hall–Kier alpha value is -2.40. The first-order valence-electron chi connectivity index (χ1n) is 15.5. The van der Waals surface area contributed by atoms with E-state index in [2.05, 4.69) is 50.6 Å². The number of hydrogen-bond acceptors (Lipinski definition) is 7. The van der Waals surface area contributed by atoms with E-state index >= 15 is 0 Å². The number of ether oxygens (including phenoxy) is 2. The van der Waals surface area contributed by atoms with Gasteiger partial charge in [-0.25, -0.2) is 9.59 Å². The molecule has 1 aliphatic carbocycles. The van der Waals surface area contributed by atoms with Gasteiger partial charge in [0.1, 0.15) is 23.2 Å². The normalized spacial score (nSPS) is 29.4. The fourth-order valence-electron chi connectivity index (χ4n) is 5.44. The van der Waals surface area contributed by atoms with Crippen LogP contribution in [0.4, 0.5) is 4.79 Å². The Kier molecular flexibility index (Phi) is 10.6. The molecule has 2 heterocycles. The Morgan fingerprint density at radius 3 is 2.43 bits per heavy atom. The van der Waals surface area contributed by atoms with E-state index in [-0.39, 0.29) is 36.1 Å². The van der Waals surface area contributed by atoms with Crippen LogP contribution in [-0.2, 0) is 28.3 Å². The highest BCUT2D eigenvalue weighted by Gasteiger charge is 2.62. The van der Waals surface area contributed by atoms with Gasteiger partial charge in [-0.15, -0.1) is 0 Å². The molecule has 10 nitrogen and oxygen atoms in total. The predicted octanol–water partition coefficient (Wildman–Crippen LogP) is 4.83. The molecule has 5 unspecified atom stereocenters. The number of carbonyl (C=O) groups excluding carboxylic acids is 4. The second-order valence-electron chi connectivity index (χ2n) is 14.5. The van der Waals surface area contributed by atoms with Gasteiger partial charge in [-0.05, 0) is 71.5 Å². The summed E-state index contributed by atoms with van der Waals surface area (Å²) in [6.07, 6.45) is 7.57. The smallest absolute Gasteiger partial charge is 0.408 e. The van der Waals surface area contributed by atoms with Gasteiger partial charge in [0.2, 0.25) is 11.8 Å². The van der Waals surface area contributed by atoms with Crippen molar-refractivity contribution in [3.05, 3.63) is 12.2 Å². The highest BCUT2D eigenvalue weighted by atomic mass is 28.4. The molecule has 2 fully saturated rings. The van der Waals surface area contributed by atoms with Crippen LogP contribution in [0, 0.1) is 5.92 Å². The lowest BCUT2D eigenvalue weighted by atomic mass is 10.0. The van der Waals surface area contributed by atoms with E-state index in [1.165, 1.54) is 0 Å². The molecule has 5 atom stereocenters. The Morgan fingerprint density at radius 1 is 1.12 bits per heavy atom. The lowest BCUT2D eigenvalue weighted by molar-refractivity contribution is -0.150. The standard InChI is InChI=1S/C31H53N3O7Si/c1-10-39-27(37)31-19-21(31)16-14-12-11-13-15-17-23(32-28(38)40-29(2,3)4)26(36)34-20-22(18-24(34)25(35)33-31)41-42(8,9)30(5,6)7/h14,16,21-24H,10-13,15,17-20H2,1-9H3,(H,32,38)(H,33,35). The monoisotopic (exact) mass is 607 g/mol. The number of rotatable bonds is 5. The van der Waals surface area contributed by atoms with Crippen molar-refractivity contribution in [2.45, 2.75) is 141 Å². The second kappa shape index (κ2) is 13.1. The number of fused-ring (bicyclic) bond motifs is 2. The van der Waals surface area contributed by atoms with Crippen LogP contribution in [0.5, 0.6) is 0 Å². The molecule has 11 heteroatoms. The van der Waals surface area contributed by atoms with Crippen LogP contribution < -0.4 is 10.6 Å². The summed E-state index contributed by atoms with van der Waals surface area (Å²) in [4.78, 5) is 55.5. The maximum absolute atomic E-state index is 14.2. The number of allylic oxidation sites excluding steroid dienone is 1. The molecule has 3 rings (SSSR count). The van der Waals surface area contributed by atoms with Crippen LogP contribution in [0.2, 0.25) is 18.1 Å². The number of carbonyl (C=O) groups is 4. The average molecular weight is 608 g/mol. The predicted molar refractivity (Wildman–Crippen MR) is 163 cm³/mol. The Bertz CT molecular complexity index is 1050. The molecule has 0 aromatic carbocycles. The van der Waals surface area contributed by atoms with Gasteiger partial charge in [0.15, 0.2) is 8.32 Å². The third-order valence-corrected chi connectivity index (χ3v) is 13.4. The number of alkyl carbamates (subject to hydrolysis) is 1. The molecule has 1 saturated carbocycles. The Balaban J connectivity index is 1.95. The fourth-order valence-corrected chi connectivity index (χ4v) is 6.79. The van der Waals surface area contributed by atoms with E-state index in [9.17, 15) is 19.2 Å². The van der Waals surface area contributed by atoms with Gasteiger partial charge in [-0.1, -0.05) is 45.8 Å². The third kappa shape index (κ3) is 8.36. The molecule has 3 amide bonds. The van der Waals surface area contributed by atoms with Gasteiger partial charge in [0.05, 0.1) is 12.7 Å². The Labute approximate surface area is 252 Å². The van der Waals surface area contributed by atoms with E-state index in [0.29, 0.717) is 19.3 Å². The summed E-state index contributed by atoms with van der Waals surface area (Å²) >= 11 is 0. The molecule has 0 bridgehead atoms. The molecule has 42 heavy (non-hydrogen) atoms. The summed E-state index contributed by atoms with van der Waals surface area (Å²) in [5.41, 5.74) is -1.86. The first-order chi connectivity index (χ1) is 19.4. The molecule has 0 aromatic heterocycles. The van der Waals surface area contributed by atoms with Crippen molar-refractivity contribution in [1.29, 1.82) is 0 Å². The fraction of sp³-hybridized carbons (Fsp3) is 0.806. The van der Waals surface area contributed by atoms with Crippen LogP contribution in [0.1, 0.15) is 93.4 Å². The number of nitrogens with zero attached hydrogens (tertiary/aromatic N) is 1. The summed E-state index contributed by atoms with van der Waals surface area (Å²) in [6.45, 7) is 18.2. The summed E-state index contributed by atoms with van der Waals surface area (Å²) in [7, 11) is -2.22. The maximum atomic E-state index is 14.2. The van der Waals surface area contributed by atoms with Crippen molar-refractivity contribution in [2.24, 2.45) is 5.92 Å². The highest BCUT2D eigenvalue weighted by molar-refractivity contribution is 6.74. The topological polar surface area (TPSA) is 123 Å². The van der Waals surface area contributed by atoms with Crippen LogP contribution in [0.3, 0.4) is 0 Å². The molecule has 1 saturated heterocycles. The van der Waals surface area contributed by atoms with Crippen molar-refractivity contribution in [2.75, 3.05) is 13.2 Å². The van der Waals surface area contributed by atoms with Gasteiger partial charge >= 0.3 is 12.1 Å². The minimum atomic E-state index is -2.22. The molecular weight excluding hydrogens is 554 g/mol. The minimum Gasteiger partial charge on any atom is -0.464 e. The number of esters is 1. The lowest BCUT2D eigenvalue weighted by Crippen LogP contribution is -2.56. The zero-order chi connectivity index (χ0) is 31.5. The second-order valence-corrected chi connectivity index (χ2v) is 19.3. The van der Waals surface area contributed by atoms with Crippen LogP contribution >= 0.6 is 0 Å². The van der Waals surface area contributed by atoms with Gasteiger partial charge in [0, 0.05) is 18.9 Å². The van der Waals surface area contributed by atoms with E-state index in [0.717, 1.165) is 25.7 Å². The van der Waals surface area contributed by atoms with Crippen LogP contribution in [0.15, 0.2) is 12.2 Å². The molecule has 0 aromatic rings. The molecular formula is C31H53N3O7Si. The van der Waals surface area contributed by atoms with E-state index < -0.39 is 49.5 Å². The van der Waals surface area contributed by atoms with Crippen LogP contribution in [0.25, 0.3) is 0 Å². The first-order valence-corrected chi connectivity index (χ1v) is 18.4. The maximum Gasteiger partial charge on any atom is 0.408 e. The quantitative estimate of drug-likeness (QED) is 0.261. The molecule has 0 spiro atoms. The zero-order valence-electron chi connectivity index (χ0n) is 27.1. The summed E-state index contributed by atoms with van der Waals surface area (Å²) < 4.78 is 17.5. The summed E-state index contributed by atoms with van der Waals surface area (Å²) in [5, 5.41) is 5.73. The van der Waals surface area contributed by atoms with Crippen molar-refractivity contribution < 1.29 is 33.1 Å². The molecule has 238 valence electrons. The third-order valence-electron chi connectivity index (χ3n) is 8.84. The van der Waals surface area contributed by atoms with Crippen molar-refractivity contribution in [3.63, 3.8) is 0 Å². The average Bonchev–Trinajstić information content (AvgIpc) is 3.38. The lowest BCUT2D eigenvalue weighted by Gasteiger charge is -2.38. The summed E-state index contributed by atoms with van der Waals surface area (Å²) in [5.74, 6) is -1.35. The number of hydrogen-bond donors (Lipinski definition) is 2. The van der Waals surface area contributed by atoms with Crippen molar-refractivity contribution in [3.8, 4) is 0 Å². The molecule has 2 N–H and O–H groups in total. The zero-order valence-corrected chi connectivity index (χ0v) is 28.1. The van der Waals surface area contributed by atoms with Gasteiger partial charge in [-0.3, -0.25) is 9.59 Å². The van der Waals surface area contributed by atoms with E-state index in [4.69, 9.17) is 13.9 Å². The molecule has 0 radical (unpaired) electrons. The van der Waals surface area contributed by atoms with Crippen molar-refractivity contribution in [1.82, 2.24) is 15.5 Å². The molecule has 2 aliphatic heterocycles. The van der Waals surface area contributed by atoms with E-state index in [1.54, 1.807) is 32.6 Å². The molecule has 3 aliphatic rings. The van der Waals surface area contributed by atoms with Crippen LogP contribution in [-0.4, -0.2) is 79.6 Å². The Morgan fingerprint density at radius 2 is 1.81 bits per heavy atom. The number of amides is 3. The SMILES string of the molecule is CCOC(=O)C12CC1C=CCCCCCC(NC(=O)OC(C)(C)C)C(=O)N1CC(O[Si](C)(C)C(C)(C)C)CC1C(=O)N2. The largest absolute Gasteiger partial charge is 0.464 e. The van der Waals surface area contributed by atoms with Gasteiger partial charge < -0.3 is 29.4 Å². The van der Waals surface area contributed by atoms with E-state index in [1.807, 2.05) is 6.08 Å². The summed E-state index contributed by atoms with van der Waals surface area (Å²) in [6, 6.07) is -1.70.